The first-order valence-electron chi connectivity index (χ1n) is 4.53. The highest BCUT2D eigenvalue weighted by Crippen LogP contribution is 2.29. The van der Waals surface area contributed by atoms with Crippen molar-refractivity contribution in [2.24, 2.45) is 4.99 Å². The summed E-state index contributed by atoms with van der Waals surface area (Å²) in [6, 6.07) is 4.89. The van der Waals surface area contributed by atoms with Crippen LogP contribution in [0.3, 0.4) is 0 Å². The largest absolute Gasteiger partial charge is 0.265 e. The maximum atomic E-state index is 11.7. The topological polar surface area (TPSA) is 58.5 Å². The Morgan fingerprint density at radius 1 is 1.50 bits per heavy atom. The van der Waals surface area contributed by atoms with Crippen molar-refractivity contribution < 1.29 is 8.42 Å². The van der Waals surface area contributed by atoms with Gasteiger partial charge in [-0.25, -0.2) is 8.42 Å². The Hall–Kier alpha value is -1.33. The number of fused-ring (bicyclic) bond motifs is 1. The maximum absolute atomic E-state index is 11.7. The fraction of sp³-hybridized carbons (Fsp3) is 0.100. The van der Waals surface area contributed by atoms with Crippen molar-refractivity contribution in [2.45, 2.75) is 4.90 Å². The van der Waals surface area contributed by atoms with Gasteiger partial charge in [-0.15, -0.1) is 6.58 Å². The van der Waals surface area contributed by atoms with E-state index in [-0.39, 0.29) is 9.92 Å². The van der Waals surface area contributed by atoms with E-state index in [1.807, 2.05) is 0 Å². The third kappa shape index (κ3) is 1.72. The zero-order valence-corrected chi connectivity index (χ0v) is 9.85. The number of sulfonamides is 1. The predicted octanol–water partition coefficient (Wildman–Crippen LogP) is 1.56. The molecule has 4 nitrogen and oxygen atoms in total. The number of nitrogens with one attached hydrogen (secondary N) is 1. The van der Waals surface area contributed by atoms with Gasteiger partial charge in [0.05, 0.1) is 11.6 Å². The molecule has 0 amide bonds. The second-order valence-electron chi connectivity index (χ2n) is 3.20. The van der Waals surface area contributed by atoms with E-state index in [0.717, 1.165) is 0 Å². The van der Waals surface area contributed by atoms with Gasteiger partial charge in [0.2, 0.25) is 0 Å². The van der Waals surface area contributed by atoms with Gasteiger partial charge in [-0.1, -0.05) is 23.7 Å². The van der Waals surface area contributed by atoms with E-state index in [4.69, 9.17) is 11.6 Å². The molecule has 16 heavy (non-hydrogen) atoms. The van der Waals surface area contributed by atoms with E-state index in [9.17, 15) is 8.42 Å². The minimum Gasteiger partial charge on any atom is -0.263 e. The van der Waals surface area contributed by atoms with Crippen molar-refractivity contribution in [2.75, 3.05) is 6.54 Å². The van der Waals surface area contributed by atoms with Gasteiger partial charge in [0.1, 0.15) is 10.7 Å². The molecule has 1 aliphatic rings. The number of aliphatic imine (C=N–C) groups is 1. The standard InChI is InChI=1S/C10H9ClN2O2S/c1-2-6-12-10-7-4-3-5-8(11)9(7)16(14,15)13-10/h2-5H,1,6H2,(H,12,13). The molecule has 84 valence electrons. The molecule has 0 bridgehead atoms. The van der Waals surface area contributed by atoms with Crippen molar-refractivity contribution in [1.82, 2.24) is 4.72 Å². The van der Waals surface area contributed by atoms with Crippen molar-refractivity contribution in [3.8, 4) is 0 Å². The van der Waals surface area contributed by atoms with Crippen LogP contribution in [0.5, 0.6) is 0 Å². The summed E-state index contributed by atoms with van der Waals surface area (Å²) in [5.41, 5.74) is 0.509. The first-order chi connectivity index (χ1) is 7.56. The van der Waals surface area contributed by atoms with E-state index in [1.54, 1.807) is 18.2 Å². The van der Waals surface area contributed by atoms with E-state index in [2.05, 4.69) is 16.3 Å². The van der Waals surface area contributed by atoms with Crippen LogP contribution in [0.2, 0.25) is 5.02 Å². The normalized spacial score (nSPS) is 19.2. The highest BCUT2D eigenvalue weighted by Gasteiger charge is 2.32. The second-order valence-corrected chi connectivity index (χ2v) is 5.23. The van der Waals surface area contributed by atoms with Gasteiger partial charge in [-0.3, -0.25) is 9.71 Å². The van der Waals surface area contributed by atoms with Crippen LogP contribution in [0.4, 0.5) is 0 Å². The van der Waals surface area contributed by atoms with Gasteiger partial charge in [0, 0.05) is 5.56 Å². The Labute approximate surface area is 98.7 Å². The van der Waals surface area contributed by atoms with Crippen molar-refractivity contribution in [3.63, 3.8) is 0 Å². The van der Waals surface area contributed by atoms with Gasteiger partial charge < -0.3 is 0 Å². The van der Waals surface area contributed by atoms with Crippen LogP contribution in [0.15, 0.2) is 40.7 Å². The number of hydrogen-bond acceptors (Lipinski definition) is 3. The molecular weight excluding hydrogens is 248 g/mol. The predicted molar refractivity (Wildman–Crippen MR) is 63.4 cm³/mol. The van der Waals surface area contributed by atoms with E-state index in [0.29, 0.717) is 17.9 Å². The van der Waals surface area contributed by atoms with Crippen LogP contribution in [-0.4, -0.2) is 20.8 Å². The average molecular weight is 257 g/mol. The highest BCUT2D eigenvalue weighted by molar-refractivity contribution is 7.90. The lowest BCUT2D eigenvalue weighted by Crippen LogP contribution is -2.22. The zero-order chi connectivity index (χ0) is 11.8. The number of nitrogens with zero attached hydrogens (tertiary/aromatic N) is 1. The first-order valence-corrected chi connectivity index (χ1v) is 6.39. The number of benzene rings is 1. The quantitative estimate of drug-likeness (QED) is 0.817. The lowest BCUT2D eigenvalue weighted by atomic mass is 10.2. The van der Waals surface area contributed by atoms with E-state index >= 15 is 0 Å². The van der Waals surface area contributed by atoms with Crippen molar-refractivity contribution in [1.29, 1.82) is 0 Å². The smallest absolute Gasteiger partial charge is 0.263 e. The van der Waals surface area contributed by atoms with Crippen LogP contribution < -0.4 is 4.72 Å². The number of halogens is 1. The molecule has 0 radical (unpaired) electrons. The molecule has 0 aliphatic carbocycles. The summed E-state index contributed by atoms with van der Waals surface area (Å²) >= 11 is 5.86. The first kappa shape index (κ1) is 11.2. The molecule has 0 atom stereocenters. The van der Waals surface area contributed by atoms with Crippen LogP contribution >= 0.6 is 11.6 Å². The molecule has 0 saturated heterocycles. The van der Waals surface area contributed by atoms with Crippen LogP contribution in [0.25, 0.3) is 0 Å². The summed E-state index contributed by atoms with van der Waals surface area (Å²) in [5.74, 6) is 0.317. The summed E-state index contributed by atoms with van der Waals surface area (Å²) in [7, 11) is -3.56. The Morgan fingerprint density at radius 3 is 2.94 bits per heavy atom. The molecule has 6 heteroatoms. The summed E-state index contributed by atoms with van der Waals surface area (Å²) in [4.78, 5) is 4.17. The lowest BCUT2D eigenvalue weighted by molar-refractivity contribution is 0.595. The number of amidine groups is 1. The molecule has 0 fully saturated rings. The maximum Gasteiger partial charge on any atom is 0.265 e. The Bertz CT molecular complexity index is 578. The molecule has 0 unspecified atom stereocenters. The minimum atomic E-state index is -3.56. The fourth-order valence-electron chi connectivity index (χ4n) is 1.48. The molecular formula is C10H9ClN2O2S. The lowest BCUT2D eigenvalue weighted by Gasteiger charge is -1.97. The summed E-state index contributed by atoms with van der Waals surface area (Å²) in [6.07, 6.45) is 1.59. The summed E-state index contributed by atoms with van der Waals surface area (Å²) < 4.78 is 25.9. The molecule has 0 saturated carbocycles. The molecule has 1 aromatic rings. The van der Waals surface area contributed by atoms with Crippen molar-refractivity contribution in [3.05, 3.63) is 41.4 Å². The third-order valence-electron chi connectivity index (χ3n) is 2.10. The number of hydrogen-bond donors (Lipinski definition) is 1. The molecule has 1 heterocycles. The van der Waals surface area contributed by atoms with Crippen molar-refractivity contribution >= 4 is 27.5 Å². The third-order valence-corrected chi connectivity index (χ3v) is 3.97. The Morgan fingerprint density at radius 2 is 2.25 bits per heavy atom. The summed E-state index contributed by atoms with van der Waals surface area (Å²) in [5, 5.41) is 0.203. The van der Waals surface area contributed by atoms with Gasteiger partial charge in [0.15, 0.2) is 0 Å². The van der Waals surface area contributed by atoms with Gasteiger partial charge in [-0.05, 0) is 12.1 Å². The number of rotatable bonds is 2. The summed E-state index contributed by atoms with van der Waals surface area (Å²) in [6.45, 7) is 3.87. The molecule has 1 aliphatic heterocycles. The van der Waals surface area contributed by atoms with E-state index < -0.39 is 10.0 Å². The second kappa shape index (κ2) is 3.92. The van der Waals surface area contributed by atoms with Gasteiger partial charge >= 0.3 is 0 Å². The fourth-order valence-corrected chi connectivity index (χ4v) is 3.26. The monoisotopic (exact) mass is 256 g/mol. The van der Waals surface area contributed by atoms with Gasteiger partial charge in [-0.2, -0.15) is 0 Å². The molecule has 0 spiro atoms. The molecule has 0 aromatic heterocycles. The van der Waals surface area contributed by atoms with Gasteiger partial charge in [0.25, 0.3) is 10.0 Å². The molecule has 2 rings (SSSR count). The average Bonchev–Trinajstić information content (AvgIpc) is 2.49. The highest BCUT2D eigenvalue weighted by atomic mass is 35.5. The Kier molecular flexibility index (Phi) is 2.73. The Balaban J connectivity index is 2.65. The van der Waals surface area contributed by atoms with Crippen LogP contribution in [-0.2, 0) is 10.0 Å². The molecule has 1 aromatic carbocycles. The zero-order valence-electron chi connectivity index (χ0n) is 8.27. The van der Waals surface area contributed by atoms with E-state index in [1.165, 1.54) is 6.07 Å². The van der Waals surface area contributed by atoms with Crippen LogP contribution in [0.1, 0.15) is 5.56 Å². The SMILES string of the molecule is C=CCN=C1NS(=O)(=O)c2c(Cl)cccc21. The molecule has 1 N–H and O–H groups in total. The minimum absolute atomic E-state index is 0.0967. The van der Waals surface area contributed by atoms with Crippen LogP contribution in [0, 0.1) is 0 Å².